The lowest BCUT2D eigenvalue weighted by Crippen LogP contribution is -2.44. The highest BCUT2D eigenvalue weighted by Crippen LogP contribution is 2.49. The molecular weight excluding hydrogens is 297 g/mol. The highest BCUT2D eigenvalue weighted by atomic mass is 32.2. The van der Waals surface area contributed by atoms with Gasteiger partial charge in [0.05, 0.1) is 6.54 Å². The van der Waals surface area contributed by atoms with Crippen molar-refractivity contribution < 1.29 is 26.0 Å². The van der Waals surface area contributed by atoms with E-state index in [-0.39, 0.29) is 30.2 Å². The Kier molecular flexibility index (Phi) is 3.64. The molecule has 1 heterocycles. The van der Waals surface area contributed by atoms with E-state index in [1.807, 2.05) is 0 Å². The molecule has 0 aromatic carbocycles. The van der Waals surface area contributed by atoms with Gasteiger partial charge in [0.25, 0.3) is 10.0 Å². The Hall–Kier alpha value is -1.06. The van der Waals surface area contributed by atoms with Gasteiger partial charge in [-0.3, -0.25) is 5.32 Å². The average molecular weight is 312 g/mol. The minimum Gasteiger partial charge on any atom is -0.447 e. The number of alkyl halides is 3. The van der Waals surface area contributed by atoms with Gasteiger partial charge in [0.15, 0.2) is 0 Å². The molecule has 5 nitrogen and oxygen atoms in total. The van der Waals surface area contributed by atoms with Crippen LogP contribution in [0.5, 0.6) is 0 Å². The van der Waals surface area contributed by atoms with E-state index < -0.39 is 21.7 Å². The van der Waals surface area contributed by atoms with E-state index >= 15 is 0 Å². The molecule has 0 radical (unpaired) electrons. The van der Waals surface area contributed by atoms with Crippen LogP contribution in [0.1, 0.15) is 18.6 Å². The van der Waals surface area contributed by atoms with Crippen molar-refractivity contribution in [3.05, 3.63) is 17.9 Å². The molecule has 1 aliphatic rings. The highest BCUT2D eigenvalue weighted by Gasteiger charge is 2.63. The topological polar surface area (TPSA) is 62.6 Å². The molecule has 1 aliphatic carbocycles. The fraction of sp³-hybridized carbons (Fsp3) is 0.636. The van der Waals surface area contributed by atoms with Crippen molar-refractivity contribution in [3.8, 4) is 0 Å². The van der Waals surface area contributed by atoms with Crippen LogP contribution in [0, 0.1) is 0 Å². The summed E-state index contributed by atoms with van der Waals surface area (Å²) in [5.41, 5.74) is -1.85. The fourth-order valence-electron chi connectivity index (χ4n) is 1.71. The molecule has 0 unspecified atom stereocenters. The molecule has 0 spiro atoms. The first-order chi connectivity index (χ1) is 9.08. The quantitative estimate of drug-likeness (QED) is 0.899. The van der Waals surface area contributed by atoms with E-state index in [9.17, 15) is 21.6 Å². The maximum absolute atomic E-state index is 12.7. The third kappa shape index (κ3) is 2.70. The number of hydrogen-bond acceptors (Lipinski definition) is 4. The van der Waals surface area contributed by atoms with Gasteiger partial charge in [-0.15, -0.1) is 0 Å². The third-order valence-electron chi connectivity index (χ3n) is 3.27. The van der Waals surface area contributed by atoms with Gasteiger partial charge >= 0.3 is 6.18 Å². The summed E-state index contributed by atoms with van der Waals surface area (Å²) in [4.78, 5) is 0. The van der Waals surface area contributed by atoms with Gasteiger partial charge in [-0.1, -0.05) is 0 Å². The molecule has 20 heavy (non-hydrogen) atoms. The molecule has 0 amide bonds. The van der Waals surface area contributed by atoms with Gasteiger partial charge in [0.2, 0.25) is 5.09 Å². The maximum atomic E-state index is 12.7. The number of nitrogens with zero attached hydrogens (tertiary/aromatic N) is 1. The first-order valence-corrected chi connectivity index (χ1v) is 7.35. The van der Waals surface area contributed by atoms with Crippen molar-refractivity contribution in [2.75, 3.05) is 14.1 Å². The summed E-state index contributed by atoms with van der Waals surface area (Å²) in [6.45, 7) is -0.164. The van der Waals surface area contributed by atoms with Crippen molar-refractivity contribution in [1.29, 1.82) is 0 Å². The zero-order chi connectivity index (χ0) is 15.2. The van der Waals surface area contributed by atoms with Crippen LogP contribution in [0.3, 0.4) is 0 Å². The van der Waals surface area contributed by atoms with Crippen LogP contribution < -0.4 is 5.32 Å². The van der Waals surface area contributed by atoms with Crippen LogP contribution in [0.25, 0.3) is 0 Å². The zero-order valence-electron chi connectivity index (χ0n) is 11.0. The van der Waals surface area contributed by atoms with Gasteiger partial charge in [-0.25, -0.2) is 12.7 Å². The molecule has 1 saturated carbocycles. The maximum Gasteiger partial charge on any atom is 0.406 e. The van der Waals surface area contributed by atoms with Crippen molar-refractivity contribution >= 4 is 10.0 Å². The van der Waals surface area contributed by atoms with Gasteiger partial charge < -0.3 is 4.42 Å². The SMILES string of the molecule is CN(C)S(=O)(=O)c1ccc(CNC2(C(F)(F)F)CC2)o1. The van der Waals surface area contributed by atoms with Crippen molar-refractivity contribution in [2.24, 2.45) is 0 Å². The Labute approximate surface area is 114 Å². The van der Waals surface area contributed by atoms with Gasteiger partial charge in [0, 0.05) is 14.1 Å². The number of sulfonamides is 1. The van der Waals surface area contributed by atoms with Crippen LogP contribution in [0.2, 0.25) is 0 Å². The molecule has 0 aliphatic heterocycles. The molecular formula is C11H15F3N2O3S. The van der Waals surface area contributed by atoms with Gasteiger partial charge in [0.1, 0.15) is 11.3 Å². The molecule has 0 atom stereocenters. The van der Waals surface area contributed by atoms with Gasteiger partial charge in [-0.2, -0.15) is 13.2 Å². The normalized spacial score (nSPS) is 18.5. The molecule has 1 aromatic rings. The van der Waals surface area contributed by atoms with E-state index in [2.05, 4.69) is 5.32 Å². The lowest BCUT2D eigenvalue weighted by molar-refractivity contribution is -0.166. The zero-order valence-corrected chi connectivity index (χ0v) is 11.8. The minimum absolute atomic E-state index is 0.0278. The second-order valence-electron chi connectivity index (χ2n) is 4.94. The summed E-state index contributed by atoms with van der Waals surface area (Å²) in [5, 5.41) is 2.11. The molecule has 0 saturated heterocycles. The molecule has 1 N–H and O–H groups in total. The Morgan fingerprint density at radius 3 is 2.40 bits per heavy atom. The number of furan rings is 1. The summed E-state index contributed by atoms with van der Waals surface area (Å²) in [6.07, 6.45) is -4.25. The van der Waals surface area contributed by atoms with Crippen LogP contribution >= 0.6 is 0 Å². The molecule has 2 rings (SSSR count). The first kappa shape index (κ1) is 15.3. The van der Waals surface area contributed by atoms with Crippen LogP contribution in [0.15, 0.2) is 21.6 Å². The third-order valence-corrected chi connectivity index (χ3v) is 4.95. The van der Waals surface area contributed by atoms with Crippen LogP contribution in [0.4, 0.5) is 13.2 Å². The van der Waals surface area contributed by atoms with Crippen molar-refractivity contribution in [1.82, 2.24) is 9.62 Å². The second kappa shape index (κ2) is 4.74. The average Bonchev–Trinajstić information content (AvgIpc) is 2.97. The predicted octanol–water partition coefficient (Wildman–Crippen LogP) is 1.71. The van der Waals surface area contributed by atoms with E-state index in [1.165, 1.54) is 26.2 Å². The Morgan fingerprint density at radius 1 is 1.35 bits per heavy atom. The summed E-state index contributed by atoms with van der Waals surface area (Å²) < 4.78 is 67.7. The van der Waals surface area contributed by atoms with Crippen molar-refractivity contribution in [3.63, 3.8) is 0 Å². The fourth-order valence-corrected chi connectivity index (χ4v) is 2.53. The molecule has 1 aromatic heterocycles. The predicted molar refractivity (Wildman–Crippen MR) is 64.4 cm³/mol. The Balaban J connectivity index is 2.05. The largest absolute Gasteiger partial charge is 0.447 e. The van der Waals surface area contributed by atoms with E-state index in [4.69, 9.17) is 4.42 Å². The van der Waals surface area contributed by atoms with E-state index in [0.29, 0.717) is 0 Å². The number of halogens is 3. The standard InChI is InChI=1S/C11H15F3N2O3S/c1-16(2)20(17,18)9-4-3-8(19-9)7-15-10(5-6-10)11(12,13)14/h3-4,15H,5-7H2,1-2H3. The number of rotatable bonds is 5. The first-order valence-electron chi connectivity index (χ1n) is 5.91. The Bertz CT molecular complexity index is 588. The second-order valence-corrected chi connectivity index (χ2v) is 7.02. The van der Waals surface area contributed by atoms with Crippen LogP contribution in [-0.2, 0) is 16.6 Å². The van der Waals surface area contributed by atoms with E-state index in [1.54, 1.807) is 0 Å². The molecule has 9 heteroatoms. The monoisotopic (exact) mass is 312 g/mol. The van der Waals surface area contributed by atoms with Crippen molar-refractivity contribution in [2.45, 2.75) is 36.2 Å². The number of nitrogens with one attached hydrogen (secondary N) is 1. The number of hydrogen-bond donors (Lipinski definition) is 1. The lowest BCUT2D eigenvalue weighted by Gasteiger charge is -2.19. The van der Waals surface area contributed by atoms with Gasteiger partial charge in [-0.05, 0) is 25.0 Å². The summed E-state index contributed by atoms with van der Waals surface area (Å²) in [7, 11) is -1.01. The molecule has 114 valence electrons. The minimum atomic E-state index is -4.31. The smallest absolute Gasteiger partial charge is 0.406 e. The highest BCUT2D eigenvalue weighted by molar-refractivity contribution is 7.88. The molecule has 1 fully saturated rings. The van der Waals surface area contributed by atoms with E-state index in [0.717, 1.165) is 4.31 Å². The Morgan fingerprint density at radius 2 is 1.95 bits per heavy atom. The summed E-state index contributed by atoms with van der Waals surface area (Å²) in [5.74, 6) is 0.154. The lowest BCUT2D eigenvalue weighted by atomic mass is 10.2. The van der Waals surface area contributed by atoms with Crippen LogP contribution in [-0.4, -0.2) is 38.5 Å². The summed E-state index contributed by atoms with van der Waals surface area (Å²) >= 11 is 0. The molecule has 0 bridgehead atoms. The summed E-state index contributed by atoms with van der Waals surface area (Å²) in [6, 6.07) is 2.59.